The van der Waals surface area contributed by atoms with Crippen molar-refractivity contribution in [3.8, 4) is 0 Å². The smallest absolute Gasteiger partial charge is 0.154 e. The summed E-state index contributed by atoms with van der Waals surface area (Å²) in [5.41, 5.74) is 1.99. The van der Waals surface area contributed by atoms with E-state index in [-0.39, 0.29) is 0 Å². The number of halogens is 2. The van der Waals surface area contributed by atoms with E-state index in [9.17, 15) is 0 Å². The average molecular weight is 287 g/mol. The van der Waals surface area contributed by atoms with Crippen molar-refractivity contribution in [1.29, 1.82) is 0 Å². The molecule has 4 heteroatoms. The number of nitrogens with zero attached hydrogens (tertiary/aromatic N) is 1. The maximum Gasteiger partial charge on any atom is 0.154 e. The molecule has 0 bridgehead atoms. The van der Waals surface area contributed by atoms with Gasteiger partial charge >= 0.3 is 0 Å². The van der Waals surface area contributed by atoms with Gasteiger partial charge in [0.15, 0.2) is 5.15 Å². The Balaban J connectivity index is 1.94. The van der Waals surface area contributed by atoms with Crippen LogP contribution in [0.3, 0.4) is 0 Å². The molecule has 1 saturated carbocycles. The summed E-state index contributed by atoms with van der Waals surface area (Å²) in [6, 6.07) is 1.85. The molecule has 0 radical (unpaired) electrons. The van der Waals surface area contributed by atoms with E-state index in [1.54, 1.807) is 0 Å². The van der Waals surface area contributed by atoms with Crippen LogP contribution in [0.5, 0.6) is 0 Å². The maximum atomic E-state index is 6.12. The first-order valence-electron chi connectivity index (χ1n) is 6.62. The van der Waals surface area contributed by atoms with E-state index < -0.39 is 0 Å². The fourth-order valence-electron chi connectivity index (χ4n) is 2.59. The first-order chi connectivity index (χ1) is 8.56. The standard InChI is InChI=1S/C14H20Cl2N2/c1-9-3-5-11(6-4-9)8-17-13-10(2)7-12(15)18-14(13)16/h7,9,11,17H,3-6,8H2,1-2H3. The molecule has 0 spiro atoms. The van der Waals surface area contributed by atoms with Crippen LogP contribution in [0.2, 0.25) is 10.3 Å². The maximum absolute atomic E-state index is 6.12. The number of aromatic nitrogens is 1. The Morgan fingerprint density at radius 3 is 2.56 bits per heavy atom. The molecule has 0 aliphatic heterocycles. The van der Waals surface area contributed by atoms with Gasteiger partial charge in [-0.3, -0.25) is 0 Å². The van der Waals surface area contributed by atoms with Gasteiger partial charge in [0.1, 0.15) is 5.15 Å². The number of nitrogens with one attached hydrogen (secondary N) is 1. The fraction of sp³-hybridized carbons (Fsp3) is 0.643. The SMILES string of the molecule is Cc1cc(Cl)nc(Cl)c1NCC1CCC(C)CC1. The topological polar surface area (TPSA) is 24.9 Å². The number of rotatable bonds is 3. The van der Waals surface area contributed by atoms with Crippen LogP contribution in [0.15, 0.2) is 6.07 Å². The van der Waals surface area contributed by atoms with Crippen LogP contribution in [0.1, 0.15) is 38.2 Å². The third kappa shape index (κ3) is 3.52. The lowest BCUT2D eigenvalue weighted by atomic mass is 9.83. The first kappa shape index (κ1) is 14.0. The molecule has 1 aromatic rings. The molecule has 0 aromatic carbocycles. The van der Waals surface area contributed by atoms with Crippen molar-refractivity contribution in [2.45, 2.75) is 39.5 Å². The van der Waals surface area contributed by atoms with Crippen LogP contribution < -0.4 is 5.32 Å². The molecule has 1 heterocycles. The molecule has 0 saturated heterocycles. The lowest BCUT2D eigenvalue weighted by Gasteiger charge is -2.27. The van der Waals surface area contributed by atoms with Gasteiger partial charge in [-0.1, -0.05) is 43.0 Å². The third-order valence-corrected chi connectivity index (χ3v) is 4.31. The normalized spacial score (nSPS) is 24.0. The Morgan fingerprint density at radius 2 is 1.94 bits per heavy atom. The van der Waals surface area contributed by atoms with Crippen molar-refractivity contribution in [2.24, 2.45) is 11.8 Å². The number of aryl methyl sites for hydroxylation is 1. The molecule has 2 nitrogen and oxygen atoms in total. The number of pyridine rings is 1. The first-order valence-corrected chi connectivity index (χ1v) is 7.38. The molecule has 100 valence electrons. The van der Waals surface area contributed by atoms with Crippen molar-refractivity contribution in [1.82, 2.24) is 4.98 Å². The second-order valence-electron chi connectivity index (χ2n) is 5.43. The summed E-state index contributed by atoms with van der Waals surface area (Å²) < 4.78 is 0. The molecule has 0 amide bonds. The van der Waals surface area contributed by atoms with Gasteiger partial charge in [0.2, 0.25) is 0 Å². The van der Waals surface area contributed by atoms with Gasteiger partial charge in [-0.2, -0.15) is 0 Å². The van der Waals surface area contributed by atoms with Gasteiger partial charge in [-0.05, 0) is 43.2 Å². The highest BCUT2D eigenvalue weighted by molar-refractivity contribution is 6.34. The fourth-order valence-corrected chi connectivity index (χ4v) is 3.19. The Labute approximate surface area is 119 Å². The summed E-state index contributed by atoms with van der Waals surface area (Å²) in [6.07, 6.45) is 5.31. The molecule has 1 aromatic heterocycles. The van der Waals surface area contributed by atoms with Crippen LogP contribution in [0.25, 0.3) is 0 Å². The minimum atomic E-state index is 0.453. The van der Waals surface area contributed by atoms with Crippen LogP contribution in [0.4, 0.5) is 5.69 Å². The van der Waals surface area contributed by atoms with E-state index in [0.717, 1.165) is 29.6 Å². The molecule has 2 rings (SSSR count). The summed E-state index contributed by atoms with van der Waals surface area (Å²) in [4.78, 5) is 4.08. The highest BCUT2D eigenvalue weighted by atomic mass is 35.5. The molecule has 0 atom stereocenters. The van der Waals surface area contributed by atoms with Crippen LogP contribution in [-0.2, 0) is 0 Å². The second-order valence-corrected chi connectivity index (χ2v) is 6.18. The summed E-state index contributed by atoms with van der Waals surface area (Å²) in [5.74, 6) is 1.65. The van der Waals surface area contributed by atoms with E-state index in [0.29, 0.717) is 10.3 Å². The van der Waals surface area contributed by atoms with E-state index in [4.69, 9.17) is 23.2 Å². The van der Waals surface area contributed by atoms with Crippen molar-refractivity contribution in [2.75, 3.05) is 11.9 Å². The Bertz CT molecular complexity index is 389. The number of hydrogen-bond acceptors (Lipinski definition) is 2. The third-order valence-electron chi connectivity index (χ3n) is 3.84. The highest BCUT2D eigenvalue weighted by Crippen LogP contribution is 2.30. The van der Waals surface area contributed by atoms with Gasteiger partial charge in [0, 0.05) is 6.54 Å². The minimum Gasteiger partial charge on any atom is -0.382 e. The average Bonchev–Trinajstić information content (AvgIpc) is 2.30. The monoisotopic (exact) mass is 286 g/mol. The van der Waals surface area contributed by atoms with E-state index in [1.165, 1.54) is 25.7 Å². The van der Waals surface area contributed by atoms with Crippen LogP contribution in [-0.4, -0.2) is 11.5 Å². The van der Waals surface area contributed by atoms with Gasteiger partial charge in [0.25, 0.3) is 0 Å². The lowest BCUT2D eigenvalue weighted by Crippen LogP contribution is -2.20. The number of hydrogen-bond donors (Lipinski definition) is 1. The zero-order valence-corrected chi connectivity index (χ0v) is 12.5. The number of anilines is 1. The molecular formula is C14H20Cl2N2. The zero-order valence-electron chi connectivity index (χ0n) is 11.0. The summed E-state index contributed by atoms with van der Waals surface area (Å²) in [7, 11) is 0. The Kier molecular flexibility index (Phi) is 4.74. The second kappa shape index (κ2) is 6.12. The van der Waals surface area contributed by atoms with Gasteiger partial charge < -0.3 is 5.32 Å². The van der Waals surface area contributed by atoms with Crippen LogP contribution in [0, 0.1) is 18.8 Å². The van der Waals surface area contributed by atoms with Gasteiger partial charge in [0.05, 0.1) is 5.69 Å². The molecule has 1 aliphatic carbocycles. The Hall–Kier alpha value is -0.470. The minimum absolute atomic E-state index is 0.453. The largest absolute Gasteiger partial charge is 0.382 e. The quantitative estimate of drug-likeness (QED) is 0.797. The molecule has 18 heavy (non-hydrogen) atoms. The summed E-state index contributed by atoms with van der Waals surface area (Å²) in [5, 5.41) is 4.37. The zero-order chi connectivity index (χ0) is 13.1. The molecule has 0 unspecified atom stereocenters. The van der Waals surface area contributed by atoms with E-state index >= 15 is 0 Å². The van der Waals surface area contributed by atoms with Crippen molar-refractivity contribution in [3.05, 3.63) is 21.9 Å². The van der Waals surface area contributed by atoms with Crippen molar-refractivity contribution >= 4 is 28.9 Å². The molecule has 1 aliphatic rings. The van der Waals surface area contributed by atoms with E-state index in [2.05, 4.69) is 17.2 Å². The Morgan fingerprint density at radius 1 is 1.28 bits per heavy atom. The van der Waals surface area contributed by atoms with Gasteiger partial charge in [-0.25, -0.2) is 4.98 Å². The van der Waals surface area contributed by atoms with Crippen molar-refractivity contribution < 1.29 is 0 Å². The van der Waals surface area contributed by atoms with Crippen LogP contribution >= 0.6 is 23.2 Å². The predicted octanol–water partition coefficient (Wildman–Crippen LogP) is 4.94. The molecular weight excluding hydrogens is 267 g/mol. The molecule has 1 fully saturated rings. The van der Waals surface area contributed by atoms with E-state index in [1.807, 2.05) is 13.0 Å². The molecule has 1 N–H and O–H groups in total. The lowest BCUT2D eigenvalue weighted by molar-refractivity contribution is 0.300. The van der Waals surface area contributed by atoms with Gasteiger partial charge in [-0.15, -0.1) is 0 Å². The van der Waals surface area contributed by atoms with Crippen molar-refractivity contribution in [3.63, 3.8) is 0 Å². The summed E-state index contributed by atoms with van der Waals surface area (Å²) in [6.45, 7) is 5.33. The predicted molar refractivity (Wildman–Crippen MR) is 78.6 cm³/mol. The highest BCUT2D eigenvalue weighted by Gasteiger charge is 2.18. The summed E-state index contributed by atoms with van der Waals surface area (Å²) >= 11 is 12.0.